The number of unbranched alkanes of at least 4 members (excludes halogenated alkanes) is 2. The highest BCUT2D eigenvalue weighted by Crippen LogP contribution is 2.15. The Kier molecular flexibility index (Phi) is 5.46. The van der Waals surface area contributed by atoms with Crippen LogP contribution >= 0.6 is 0 Å². The number of ether oxygens (including phenoxy) is 1. The van der Waals surface area contributed by atoms with Crippen molar-refractivity contribution in [3.63, 3.8) is 0 Å². The van der Waals surface area contributed by atoms with E-state index in [-0.39, 0.29) is 5.56 Å². The van der Waals surface area contributed by atoms with Gasteiger partial charge in [-0.15, -0.1) is 0 Å². The molecule has 4 heteroatoms. The molecule has 0 atom stereocenters. The van der Waals surface area contributed by atoms with E-state index in [0.29, 0.717) is 0 Å². The van der Waals surface area contributed by atoms with E-state index >= 15 is 0 Å². The van der Waals surface area contributed by atoms with Crippen LogP contribution in [0.1, 0.15) is 36.5 Å². The van der Waals surface area contributed by atoms with Crippen LogP contribution in [-0.4, -0.2) is 19.6 Å². The second kappa shape index (κ2) is 6.89. The van der Waals surface area contributed by atoms with Gasteiger partial charge in [-0.25, -0.2) is 9.18 Å². The fraction of sp³-hybridized carbons (Fsp3) is 0.462. The molecule has 0 aliphatic rings. The third-order valence-electron chi connectivity index (χ3n) is 2.48. The largest absolute Gasteiger partial charge is 0.465 e. The monoisotopic (exact) mass is 239 g/mol. The first-order valence-electron chi connectivity index (χ1n) is 5.80. The predicted octanol–water partition coefficient (Wildman–Crippen LogP) is 3.21. The minimum Gasteiger partial charge on any atom is -0.465 e. The lowest BCUT2D eigenvalue weighted by Gasteiger charge is -2.08. The van der Waals surface area contributed by atoms with Gasteiger partial charge in [0.25, 0.3) is 0 Å². The first-order chi connectivity index (χ1) is 8.19. The first kappa shape index (κ1) is 13.5. The number of rotatable bonds is 6. The van der Waals surface area contributed by atoms with Crippen molar-refractivity contribution in [1.82, 2.24) is 0 Å². The van der Waals surface area contributed by atoms with Gasteiger partial charge in [-0.3, -0.25) is 0 Å². The molecule has 0 aliphatic heterocycles. The first-order valence-corrected chi connectivity index (χ1v) is 5.80. The number of anilines is 1. The van der Waals surface area contributed by atoms with E-state index in [4.69, 9.17) is 0 Å². The summed E-state index contributed by atoms with van der Waals surface area (Å²) in [4.78, 5) is 11.3. The summed E-state index contributed by atoms with van der Waals surface area (Å²) in [5.74, 6) is -1.21. The highest BCUT2D eigenvalue weighted by molar-refractivity contribution is 5.90. The summed E-state index contributed by atoms with van der Waals surface area (Å²) >= 11 is 0. The van der Waals surface area contributed by atoms with Gasteiger partial charge >= 0.3 is 5.97 Å². The fourth-order valence-electron chi connectivity index (χ4n) is 1.51. The second-order valence-corrected chi connectivity index (χ2v) is 3.82. The second-order valence-electron chi connectivity index (χ2n) is 3.82. The lowest BCUT2D eigenvalue weighted by atomic mass is 10.2. The quantitative estimate of drug-likeness (QED) is 0.612. The van der Waals surface area contributed by atoms with Crippen LogP contribution in [0.4, 0.5) is 10.1 Å². The fourth-order valence-corrected chi connectivity index (χ4v) is 1.51. The molecule has 0 bridgehead atoms. The van der Waals surface area contributed by atoms with Crippen LogP contribution < -0.4 is 5.32 Å². The molecule has 0 saturated carbocycles. The highest BCUT2D eigenvalue weighted by atomic mass is 19.1. The normalized spacial score (nSPS) is 10.1. The maximum Gasteiger partial charge on any atom is 0.340 e. The summed E-state index contributed by atoms with van der Waals surface area (Å²) in [6.07, 6.45) is 3.36. The van der Waals surface area contributed by atoms with Crippen LogP contribution in [0.3, 0.4) is 0 Å². The summed E-state index contributed by atoms with van der Waals surface area (Å²) in [7, 11) is 1.24. The van der Waals surface area contributed by atoms with Gasteiger partial charge < -0.3 is 10.1 Å². The molecule has 0 unspecified atom stereocenters. The van der Waals surface area contributed by atoms with E-state index in [9.17, 15) is 9.18 Å². The Bertz CT molecular complexity index is 380. The molecule has 0 heterocycles. The van der Waals surface area contributed by atoms with E-state index in [1.165, 1.54) is 19.2 Å². The Morgan fingerprint density at radius 3 is 2.82 bits per heavy atom. The van der Waals surface area contributed by atoms with Crippen LogP contribution in [0.15, 0.2) is 18.2 Å². The van der Waals surface area contributed by atoms with Crippen LogP contribution in [0.2, 0.25) is 0 Å². The van der Waals surface area contributed by atoms with E-state index in [1.807, 2.05) is 0 Å². The summed E-state index contributed by atoms with van der Waals surface area (Å²) < 4.78 is 17.8. The van der Waals surface area contributed by atoms with Crippen LogP contribution in [0, 0.1) is 5.82 Å². The summed E-state index contributed by atoms with van der Waals surface area (Å²) in [5.41, 5.74) is 0.705. The van der Waals surface area contributed by atoms with Crippen molar-refractivity contribution >= 4 is 11.7 Å². The van der Waals surface area contributed by atoms with Crippen molar-refractivity contribution in [1.29, 1.82) is 0 Å². The SMILES string of the molecule is CCCCCNc1ccc(F)c(C(=O)OC)c1. The Morgan fingerprint density at radius 2 is 2.18 bits per heavy atom. The van der Waals surface area contributed by atoms with E-state index in [1.54, 1.807) is 6.07 Å². The average molecular weight is 239 g/mol. The summed E-state index contributed by atoms with van der Waals surface area (Å²) in [6.45, 7) is 2.95. The molecule has 0 radical (unpaired) electrons. The third-order valence-corrected chi connectivity index (χ3v) is 2.48. The number of carbonyl (C=O) groups excluding carboxylic acids is 1. The van der Waals surface area contributed by atoms with Gasteiger partial charge in [0.05, 0.1) is 12.7 Å². The summed E-state index contributed by atoms with van der Waals surface area (Å²) in [6, 6.07) is 4.37. The van der Waals surface area contributed by atoms with Crippen molar-refractivity contribution in [2.75, 3.05) is 19.0 Å². The van der Waals surface area contributed by atoms with E-state index in [0.717, 1.165) is 31.5 Å². The minimum atomic E-state index is -0.653. The molecule has 0 spiro atoms. The smallest absolute Gasteiger partial charge is 0.340 e. The molecule has 0 fully saturated rings. The molecule has 94 valence electrons. The molecule has 0 aromatic heterocycles. The Balaban J connectivity index is 2.65. The van der Waals surface area contributed by atoms with Gasteiger partial charge in [0.15, 0.2) is 0 Å². The molecule has 17 heavy (non-hydrogen) atoms. The molecule has 0 amide bonds. The molecule has 0 aliphatic carbocycles. The van der Waals surface area contributed by atoms with Gasteiger partial charge in [0.1, 0.15) is 5.82 Å². The minimum absolute atomic E-state index is 0.0343. The molecular formula is C13H18FNO2. The standard InChI is InChI=1S/C13H18FNO2/c1-3-4-5-8-15-10-6-7-12(14)11(9-10)13(16)17-2/h6-7,9,15H,3-5,8H2,1-2H3. The van der Waals surface area contributed by atoms with Crippen molar-refractivity contribution in [2.24, 2.45) is 0 Å². The Labute approximate surface area is 101 Å². The zero-order valence-corrected chi connectivity index (χ0v) is 10.3. The number of halogens is 1. The van der Waals surface area contributed by atoms with Crippen LogP contribution in [0.25, 0.3) is 0 Å². The topological polar surface area (TPSA) is 38.3 Å². The molecule has 1 N–H and O–H groups in total. The Morgan fingerprint density at radius 1 is 1.41 bits per heavy atom. The predicted molar refractivity (Wildman–Crippen MR) is 65.8 cm³/mol. The van der Waals surface area contributed by atoms with Gasteiger partial charge in [0.2, 0.25) is 0 Å². The number of hydrogen-bond donors (Lipinski definition) is 1. The van der Waals surface area contributed by atoms with Gasteiger partial charge in [-0.05, 0) is 24.6 Å². The molecule has 0 saturated heterocycles. The van der Waals surface area contributed by atoms with E-state index < -0.39 is 11.8 Å². The van der Waals surface area contributed by atoms with Crippen molar-refractivity contribution in [3.8, 4) is 0 Å². The Hall–Kier alpha value is -1.58. The molecule has 1 aromatic rings. The zero-order valence-electron chi connectivity index (χ0n) is 10.3. The zero-order chi connectivity index (χ0) is 12.7. The van der Waals surface area contributed by atoms with E-state index in [2.05, 4.69) is 17.0 Å². The highest BCUT2D eigenvalue weighted by Gasteiger charge is 2.12. The van der Waals surface area contributed by atoms with Crippen LogP contribution in [-0.2, 0) is 4.74 Å². The molecule has 3 nitrogen and oxygen atoms in total. The average Bonchev–Trinajstić information content (AvgIpc) is 2.35. The maximum absolute atomic E-state index is 13.3. The number of esters is 1. The van der Waals surface area contributed by atoms with Crippen molar-refractivity contribution < 1.29 is 13.9 Å². The maximum atomic E-state index is 13.3. The number of benzene rings is 1. The molecule has 1 rings (SSSR count). The molecular weight excluding hydrogens is 221 g/mol. The van der Waals surface area contributed by atoms with Crippen molar-refractivity contribution in [3.05, 3.63) is 29.6 Å². The number of methoxy groups -OCH3 is 1. The van der Waals surface area contributed by atoms with Crippen LogP contribution in [0.5, 0.6) is 0 Å². The van der Waals surface area contributed by atoms with Gasteiger partial charge in [0, 0.05) is 12.2 Å². The number of nitrogens with one attached hydrogen (secondary N) is 1. The lowest BCUT2D eigenvalue weighted by Crippen LogP contribution is -2.07. The van der Waals surface area contributed by atoms with Gasteiger partial charge in [-0.2, -0.15) is 0 Å². The number of hydrogen-bond acceptors (Lipinski definition) is 3. The number of carbonyl (C=O) groups is 1. The molecule has 1 aromatic carbocycles. The third kappa shape index (κ3) is 4.06. The summed E-state index contributed by atoms with van der Waals surface area (Å²) in [5, 5.41) is 3.15. The lowest BCUT2D eigenvalue weighted by molar-refractivity contribution is 0.0595. The van der Waals surface area contributed by atoms with Gasteiger partial charge in [-0.1, -0.05) is 19.8 Å². The van der Waals surface area contributed by atoms with Crippen molar-refractivity contribution in [2.45, 2.75) is 26.2 Å².